The number of nitrogens with zero attached hydrogens (tertiary/aromatic N) is 4. The van der Waals surface area contributed by atoms with Gasteiger partial charge in [0.15, 0.2) is 10.8 Å². The molecule has 6 nitrogen and oxygen atoms in total. The van der Waals surface area contributed by atoms with E-state index in [1.165, 1.54) is 17.4 Å². The minimum atomic E-state index is -0.344. The summed E-state index contributed by atoms with van der Waals surface area (Å²) in [6, 6.07) is 8.58. The van der Waals surface area contributed by atoms with Crippen molar-refractivity contribution >= 4 is 28.8 Å². The van der Waals surface area contributed by atoms with Crippen molar-refractivity contribution in [2.75, 3.05) is 0 Å². The molecule has 0 N–H and O–H groups in total. The van der Waals surface area contributed by atoms with Gasteiger partial charge in [-0.15, -0.1) is 11.3 Å². The molecule has 0 aliphatic rings. The number of benzene rings is 1. The van der Waals surface area contributed by atoms with Gasteiger partial charge in [0.2, 0.25) is 0 Å². The van der Waals surface area contributed by atoms with Crippen molar-refractivity contribution in [2.45, 2.75) is 11.5 Å². The first-order valence-corrected chi connectivity index (χ1v) is 8.79. The zero-order valence-electron chi connectivity index (χ0n) is 12.0. The molecule has 0 saturated carbocycles. The number of nitro groups is 1. The fourth-order valence-electron chi connectivity index (χ4n) is 1.96. The molecule has 0 aliphatic heterocycles. The molecule has 3 aromatic rings. The van der Waals surface area contributed by atoms with Gasteiger partial charge in [0.25, 0.3) is 5.69 Å². The third-order valence-corrected chi connectivity index (χ3v) is 4.91. The lowest BCUT2D eigenvalue weighted by Gasteiger charge is -2.01. The van der Waals surface area contributed by atoms with Gasteiger partial charge in [0.1, 0.15) is 0 Å². The average Bonchev–Trinajstić information content (AvgIpc) is 3.05. The highest BCUT2D eigenvalue weighted by atomic mass is 32.2. The highest BCUT2D eigenvalue weighted by Crippen LogP contribution is 2.26. The first-order chi connectivity index (χ1) is 11.2. The first-order valence-electron chi connectivity index (χ1n) is 6.76. The lowest BCUT2D eigenvalue weighted by molar-refractivity contribution is -0.385. The molecule has 23 heavy (non-hydrogen) atoms. The molecule has 0 amide bonds. The number of hydrogen-bond acceptors (Lipinski definition) is 7. The molecule has 0 aliphatic carbocycles. The third kappa shape index (κ3) is 3.91. The predicted molar refractivity (Wildman–Crippen MR) is 91.2 cm³/mol. The molecule has 0 bridgehead atoms. The van der Waals surface area contributed by atoms with Gasteiger partial charge in [-0.2, -0.15) is 11.8 Å². The molecule has 2 heterocycles. The van der Waals surface area contributed by atoms with Crippen molar-refractivity contribution in [3.05, 3.63) is 69.5 Å². The summed E-state index contributed by atoms with van der Waals surface area (Å²) in [6.07, 6.45) is 3.37. The Kier molecular flexibility index (Phi) is 4.94. The lowest BCUT2D eigenvalue weighted by Crippen LogP contribution is -1.94. The summed E-state index contributed by atoms with van der Waals surface area (Å²) >= 11 is 3.10. The van der Waals surface area contributed by atoms with Crippen LogP contribution < -0.4 is 0 Å². The second-order valence-electron chi connectivity index (χ2n) is 4.60. The summed E-state index contributed by atoms with van der Waals surface area (Å²) in [5.41, 5.74) is 1.82. The number of hydrogen-bond donors (Lipinski definition) is 0. The Morgan fingerprint density at radius 3 is 2.70 bits per heavy atom. The van der Waals surface area contributed by atoms with E-state index in [2.05, 4.69) is 15.0 Å². The van der Waals surface area contributed by atoms with E-state index in [-0.39, 0.29) is 10.6 Å². The number of nitro benzene ring substituents is 1. The van der Waals surface area contributed by atoms with E-state index >= 15 is 0 Å². The summed E-state index contributed by atoms with van der Waals surface area (Å²) in [5.74, 6) is 1.88. The van der Waals surface area contributed by atoms with E-state index in [0.29, 0.717) is 17.3 Å². The lowest BCUT2D eigenvalue weighted by atomic mass is 10.2. The minimum absolute atomic E-state index is 0.164. The Labute approximate surface area is 140 Å². The van der Waals surface area contributed by atoms with Crippen molar-refractivity contribution in [1.29, 1.82) is 0 Å². The van der Waals surface area contributed by atoms with Crippen LogP contribution in [0.25, 0.3) is 10.8 Å². The van der Waals surface area contributed by atoms with E-state index < -0.39 is 0 Å². The van der Waals surface area contributed by atoms with E-state index in [0.717, 1.165) is 16.3 Å². The second-order valence-corrected chi connectivity index (χ2v) is 6.44. The summed E-state index contributed by atoms with van der Waals surface area (Å²) in [7, 11) is 0. The molecule has 0 spiro atoms. The molecular weight excluding hydrogens is 332 g/mol. The third-order valence-electron chi connectivity index (χ3n) is 3.00. The number of thioether (sulfide) groups is 1. The fourth-order valence-corrected chi connectivity index (χ4v) is 3.76. The quantitative estimate of drug-likeness (QED) is 0.497. The monoisotopic (exact) mass is 344 g/mol. The standard InChI is InChI=1S/C15H12N4O2S2/c20-19(21)13-5-2-1-4-11(13)8-22-9-12-10-23-15(18-12)14-16-6-3-7-17-14/h1-7,10H,8-9H2. The van der Waals surface area contributed by atoms with Gasteiger partial charge in [-0.25, -0.2) is 15.0 Å². The van der Waals surface area contributed by atoms with Crippen molar-refractivity contribution in [3.63, 3.8) is 0 Å². The van der Waals surface area contributed by atoms with Crippen LogP contribution in [-0.4, -0.2) is 19.9 Å². The predicted octanol–water partition coefficient (Wildman–Crippen LogP) is 3.94. The molecule has 3 rings (SSSR count). The first kappa shape index (κ1) is 15.6. The summed E-state index contributed by atoms with van der Waals surface area (Å²) < 4.78 is 0. The van der Waals surface area contributed by atoms with Gasteiger partial charge < -0.3 is 0 Å². The molecule has 0 fully saturated rings. The smallest absolute Gasteiger partial charge is 0.258 e. The molecule has 116 valence electrons. The molecular formula is C15H12N4O2S2. The molecule has 0 unspecified atom stereocenters. The van der Waals surface area contributed by atoms with Crippen LogP contribution >= 0.6 is 23.1 Å². The largest absolute Gasteiger partial charge is 0.273 e. The zero-order chi connectivity index (χ0) is 16.1. The van der Waals surface area contributed by atoms with Crippen molar-refractivity contribution in [2.24, 2.45) is 0 Å². The van der Waals surface area contributed by atoms with Crippen LogP contribution in [0.15, 0.2) is 48.1 Å². The normalized spacial score (nSPS) is 10.6. The molecule has 8 heteroatoms. The van der Waals surface area contributed by atoms with Crippen LogP contribution in [0.5, 0.6) is 0 Å². The van der Waals surface area contributed by atoms with Gasteiger partial charge in [0, 0.05) is 40.9 Å². The highest BCUT2D eigenvalue weighted by molar-refractivity contribution is 7.97. The van der Waals surface area contributed by atoms with Gasteiger partial charge >= 0.3 is 0 Å². The van der Waals surface area contributed by atoms with Gasteiger partial charge in [-0.1, -0.05) is 18.2 Å². The summed E-state index contributed by atoms with van der Waals surface area (Å²) in [6.45, 7) is 0. The Morgan fingerprint density at radius 2 is 1.91 bits per heavy atom. The van der Waals surface area contributed by atoms with Crippen molar-refractivity contribution < 1.29 is 4.92 Å². The molecule has 1 aromatic carbocycles. The van der Waals surface area contributed by atoms with Crippen LogP contribution in [0.4, 0.5) is 5.69 Å². The number of rotatable bonds is 6. The number of aromatic nitrogens is 3. The van der Waals surface area contributed by atoms with Gasteiger partial charge in [-0.05, 0) is 6.07 Å². The Balaban J connectivity index is 1.62. The maximum Gasteiger partial charge on any atom is 0.273 e. The summed E-state index contributed by atoms with van der Waals surface area (Å²) in [4.78, 5) is 23.5. The van der Waals surface area contributed by atoms with Crippen molar-refractivity contribution in [1.82, 2.24) is 15.0 Å². The van der Waals surface area contributed by atoms with Gasteiger partial charge in [0.05, 0.1) is 10.6 Å². The topological polar surface area (TPSA) is 81.8 Å². The molecule has 2 aromatic heterocycles. The summed E-state index contributed by atoms with van der Waals surface area (Å²) in [5, 5.41) is 13.7. The van der Waals surface area contributed by atoms with Crippen LogP contribution in [0, 0.1) is 10.1 Å². The van der Waals surface area contributed by atoms with E-state index in [1.807, 2.05) is 11.4 Å². The van der Waals surface area contributed by atoms with E-state index in [4.69, 9.17) is 0 Å². The maximum absolute atomic E-state index is 11.0. The van der Waals surface area contributed by atoms with E-state index in [1.54, 1.807) is 42.4 Å². The van der Waals surface area contributed by atoms with Crippen molar-refractivity contribution in [3.8, 4) is 10.8 Å². The number of thiazole rings is 1. The second kappa shape index (κ2) is 7.30. The molecule has 0 atom stereocenters. The van der Waals surface area contributed by atoms with Crippen LogP contribution in [0.1, 0.15) is 11.3 Å². The zero-order valence-corrected chi connectivity index (χ0v) is 13.6. The highest BCUT2D eigenvalue weighted by Gasteiger charge is 2.12. The Hall–Kier alpha value is -2.32. The SMILES string of the molecule is O=[N+]([O-])c1ccccc1CSCc1csc(-c2ncccn2)n1. The van der Waals surface area contributed by atoms with Crippen LogP contribution in [0.3, 0.4) is 0 Å². The number of para-hydroxylation sites is 1. The van der Waals surface area contributed by atoms with Gasteiger partial charge in [-0.3, -0.25) is 10.1 Å². The maximum atomic E-state index is 11.0. The van der Waals surface area contributed by atoms with Crippen LogP contribution in [-0.2, 0) is 11.5 Å². The molecule has 0 saturated heterocycles. The average molecular weight is 344 g/mol. The van der Waals surface area contributed by atoms with Crippen LogP contribution in [0.2, 0.25) is 0 Å². The Morgan fingerprint density at radius 1 is 1.13 bits per heavy atom. The van der Waals surface area contributed by atoms with E-state index in [9.17, 15) is 10.1 Å². The fraction of sp³-hybridized carbons (Fsp3) is 0.133. The molecule has 0 radical (unpaired) electrons. The minimum Gasteiger partial charge on any atom is -0.258 e. The Bertz CT molecular complexity index is 808.